The first-order chi connectivity index (χ1) is 9.61. The Kier molecular flexibility index (Phi) is 14.6. The van der Waals surface area contributed by atoms with E-state index in [1.54, 1.807) is 0 Å². The van der Waals surface area contributed by atoms with Gasteiger partial charge >= 0.3 is 165 Å². The second-order valence-corrected chi connectivity index (χ2v) is 22.3. The van der Waals surface area contributed by atoms with Crippen LogP contribution in [0, 0.1) is 0 Å². The van der Waals surface area contributed by atoms with Gasteiger partial charge in [0.25, 0.3) is 0 Å². The first-order valence-electron chi connectivity index (χ1n) is 3.64. The Morgan fingerprint density at radius 2 is 0.423 bits per heavy atom. The second kappa shape index (κ2) is 10.1. The molecule has 0 atom stereocenters. The molecule has 26 heavy (non-hydrogen) atoms. The summed E-state index contributed by atoms with van der Waals surface area (Å²) in [6, 6.07) is 0. The van der Waals surface area contributed by atoms with E-state index in [0.717, 1.165) is 0 Å². The molecule has 0 spiro atoms. The normalized spacial score (nSPS) is 15.2. The zero-order chi connectivity index (χ0) is 21.1. The molecule has 0 rings (SSSR count). The molecule has 0 N–H and O–H groups in total. The van der Waals surface area contributed by atoms with E-state index in [1.807, 2.05) is 0 Å². The van der Waals surface area contributed by atoms with Gasteiger partial charge in [-0.2, -0.15) is 0 Å². The molecule has 0 aromatic heterocycles. The van der Waals surface area contributed by atoms with Crippen LogP contribution < -0.4 is 24.9 Å². The summed E-state index contributed by atoms with van der Waals surface area (Å²) in [4.78, 5) is 0. The summed E-state index contributed by atoms with van der Waals surface area (Å²) >= 11 is -22.8. The molecule has 153 valence electrons. The van der Waals surface area contributed by atoms with Gasteiger partial charge in [-0.3, -0.25) is 0 Å². The minimum Gasteiger partial charge on any atom is 3.00 e. The summed E-state index contributed by atoms with van der Waals surface area (Å²) in [5.74, 6) is 0. The maximum atomic E-state index is 9.28. The maximum absolute atomic E-state index is 9.28. The van der Waals surface area contributed by atoms with Crippen LogP contribution in [-0.2, 0) is 121 Å². The Balaban J connectivity index is -0.0000000817. The van der Waals surface area contributed by atoms with Gasteiger partial charge in [-0.05, 0) is 0 Å². The standard InChI is InChI=1S/5Cr.3O2P.12O/c;;;;;3*1-3-2;;;;;;;;;;;;/q;;;2*+3;;;;;;;;;;6*-1. The van der Waals surface area contributed by atoms with Crippen LogP contribution in [0.3, 0.4) is 0 Å². The number of hydrogen-bond acceptors (Lipinski definition) is 18. The number of hydrogen-bond donors (Lipinski definition) is 0. The van der Waals surface area contributed by atoms with E-state index < -0.39 is 55.3 Å². The molecule has 18 nitrogen and oxygen atoms in total. The van der Waals surface area contributed by atoms with Crippen LogP contribution in [0.5, 0.6) is 0 Å². The van der Waals surface area contributed by atoms with Gasteiger partial charge < -0.3 is 0 Å². The minimum atomic E-state index is -7.59. The molecule has 0 saturated heterocycles. The molecule has 26 heteroatoms. The van der Waals surface area contributed by atoms with Crippen molar-refractivity contribution >= 4 is 19.0 Å². The zero-order valence-electron chi connectivity index (χ0n) is 10.7. The van der Waals surface area contributed by atoms with Crippen molar-refractivity contribution < 1.29 is 146 Å². The van der Waals surface area contributed by atoms with Crippen LogP contribution >= 0.6 is 19.0 Å². The van der Waals surface area contributed by atoms with Crippen molar-refractivity contribution in [3.8, 4) is 0 Å². The predicted molar refractivity (Wildman–Crippen MR) is 29.0 cm³/mol. The summed E-state index contributed by atoms with van der Waals surface area (Å²) in [5, 5.41) is 0. The van der Waals surface area contributed by atoms with Gasteiger partial charge in [-0.1, -0.05) is 0 Å². The Hall–Kier alpha value is 0.922. The average molecular weight is 641 g/mol. The van der Waals surface area contributed by atoms with E-state index in [0.29, 0.717) is 0 Å². The molecular weight excluding hydrogens is 641 g/mol. The first kappa shape index (κ1) is 37.6. The third kappa shape index (κ3) is 23.0. The SMILES string of the molecule is O=[P](=O)[Cr](=[O])(=[O])([O-])[O-].O=[P](=O)[Cr](=[O])(=[O])([O-])[O-].O=[P](=O)[Cr](=[O])(=[O])([O-])[O-].[Cr+3].[Cr+3]. The van der Waals surface area contributed by atoms with E-state index in [2.05, 4.69) is 0 Å². The third-order valence-electron chi connectivity index (χ3n) is 0.730. The molecule has 0 aromatic carbocycles. The molecule has 2 radical (unpaired) electrons. The molecular formula is Cr5O18P3. The van der Waals surface area contributed by atoms with E-state index in [1.165, 1.54) is 0 Å². The third-order valence-corrected chi connectivity index (χ3v) is 9.03. The second-order valence-electron chi connectivity index (χ2n) is 2.79. The van der Waals surface area contributed by atoms with E-state index >= 15 is 0 Å². The summed E-state index contributed by atoms with van der Waals surface area (Å²) < 4.78 is 167. The molecule has 0 saturated carbocycles. The average Bonchev–Trinajstić information content (AvgIpc) is 2.09. The summed E-state index contributed by atoms with van der Waals surface area (Å²) in [7, 11) is 0. The Morgan fingerprint density at radius 3 is 0.423 bits per heavy atom. The summed E-state index contributed by atoms with van der Waals surface area (Å²) in [6.45, 7) is 0. The van der Waals surface area contributed by atoms with Crippen LogP contribution in [0.1, 0.15) is 0 Å². The van der Waals surface area contributed by atoms with Gasteiger partial charge in [0.05, 0.1) is 0 Å². The molecule has 0 aliphatic heterocycles. The molecule has 0 bridgehead atoms. The van der Waals surface area contributed by atoms with Gasteiger partial charge in [0.15, 0.2) is 0 Å². The van der Waals surface area contributed by atoms with E-state index in [9.17, 15) is 75.2 Å². The largest absolute Gasteiger partial charge is 3.00 e. The van der Waals surface area contributed by atoms with Gasteiger partial charge in [0, 0.05) is 0 Å². The van der Waals surface area contributed by atoms with Crippen LogP contribution in [0.4, 0.5) is 0 Å². The van der Waals surface area contributed by atoms with Crippen molar-refractivity contribution in [1.29, 1.82) is 0 Å². The Morgan fingerprint density at radius 1 is 0.385 bits per heavy atom. The van der Waals surface area contributed by atoms with Crippen LogP contribution in [0.2, 0.25) is 0 Å². The van der Waals surface area contributed by atoms with Gasteiger partial charge in [-0.15, -0.1) is 0 Å². The Labute approximate surface area is 164 Å². The van der Waals surface area contributed by atoms with Crippen LogP contribution in [0.15, 0.2) is 0 Å². The zero-order valence-corrected chi connectivity index (χ0v) is 19.8. The molecule has 0 aromatic rings. The van der Waals surface area contributed by atoms with Crippen molar-refractivity contribution in [2.24, 2.45) is 0 Å². The number of rotatable bonds is 3. The van der Waals surface area contributed by atoms with Crippen molar-refractivity contribution in [2.75, 3.05) is 0 Å². The van der Waals surface area contributed by atoms with Crippen molar-refractivity contribution in [3.05, 3.63) is 0 Å². The van der Waals surface area contributed by atoms with Gasteiger partial charge in [0.1, 0.15) is 0 Å². The van der Waals surface area contributed by atoms with Gasteiger partial charge in [0.2, 0.25) is 0 Å². The molecule has 0 aliphatic rings. The summed E-state index contributed by atoms with van der Waals surface area (Å²) in [5.41, 5.74) is 0. The Bertz CT molecular complexity index is 914. The van der Waals surface area contributed by atoms with Crippen LogP contribution in [0.25, 0.3) is 0 Å². The molecule has 0 amide bonds. The van der Waals surface area contributed by atoms with Crippen molar-refractivity contribution in [2.45, 2.75) is 0 Å². The monoisotopic (exact) mass is 641 g/mol. The molecule has 0 heterocycles. The molecule has 0 aliphatic carbocycles. The fourth-order valence-electron chi connectivity index (χ4n) is 0. The maximum Gasteiger partial charge on any atom is 3.00 e. The first-order valence-corrected chi connectivity index (χ1v) is 18.3. The van der Waals surface area contributed by atoms with Crippen molar-refractivity contribution in [3.63, 3.8) is 0 Å². The van der Waals surface area contributed by atoms with E-state index in [4.69, 9.17) is 0 Å². The minimum absolute atomic E-state index is 0. The van der Waals surface area contributed by atoms with Crippen LogP contribution in [-0.4, -0.2) is 0 Å². The predicted octanol–water partition coefficient (Wildman–Crippen LogP) is -5.99. The molecule has 0 unspecified atom stereocenters. The van der Waals surface area contributed by atoms with Crippen molar-refractivity contribution in [1.82, 2.24) is 0 Å². The fourth-order valence-corrected chi connectivity index (χ4v) is 0. The smallest absolute Gasteiger partial charge is 3.00 e. The van der Waals surface area contributed by atoms with Gasteiger partial charge in [-0.25, -0.2) is 0 Å². The van der Waals surface area contributed by atoms with E-state index in [-0.39, 0.29) is 34.7 Å². The fraction of sp³-hybridized carbons (Fsp3) is 0. The quantitative estimate of drug-likeness (QED) is 0.259. The summed E-state index contributed by atoms with van der Waals surface area (Å²) in [6.07, 6.45) is -13.1. The topological polar surface area (TPSA) is 343 Å². The molecule has 0 fully saturated rings.